The predicted molar refractivity (Wildman–Crippen MR) is 75.0 cm³/mol. The molecular formula is C13H15Cl2N3. The van der Waals surface area contributed by atoms with Crippen molar-refractivity contribution in [2.75, 3.05) is 0 Å². The van der Waals surface area contributed by atoms with Gasteiger partial charge in [-0.2, -0.15) is 0 Å². The van der Waals surface area contributed by atoms with Gasteiger partial charge < -0.3 is 10.3 Å². The van der Waals surface area contributed by atoms with Crippen molar-refractivity contribution in [1.82, 2.24) is 9.55 Å². The number of benzene rings is 1. The van der Waals surface area contributed by atoms with Crippen LogP contribution in [-0.2, 0) is 6.54 Å². The molecule has 5 heteroatoms. The molecule has 1 unspecified atom stereocenters. The van der Waals surface area contributed by atoms with Crippen molar-refractivity contribution in [2.45, 2.75) is 25.9 Å². The summed E-state index contributed by atoms with van der Waals surface area (Å²) >= 11 is 12.2. The number of rotatable bonds is 4. The lowest BCUT2D eigenvalue weighted by Crippen LogP contribution is -2.18. The minimum absolute atomic E-state index is 0.363. The van der Waals surface area contributed by atoms with Crippen LogP contribution in [0, 0.1) is 0 Å². The SMILES string of the molecule is CCCn1ccnc1C(N)c1cccc(Cl)c1Cl. The fraction of sp³-hybridized carbons (Fsp3) is 0.308. The second-order valence-electron chi connectivity index (χ2n) is 4.10. The van der Waals surface area contributed by atoms with Crippen LogP contribution in [0.3, 0.4) is 0 Å². The van der Waals surface area contributed by atoms with Gasteiger partial charge in [-0.15, -0.1) is 0 Å². The van der Waals surface area contributed by atoms with Crippen LogP contribution in [0.2, 0.25) is 10.0 Å². The molecule has 96 valence electrons. The Morgan fingerprint density at radius 3 is 2.89 bits per heavy atom. The highest BCUT2D eigenvalue weighted by Crippen LogP contribution is 2.31. The second kappa shape index (κ2) is 5.74. The standard InChI is InChI=1S/C13H15Cl2N3/c1-2-7-18-8-6-17-13(18)12(16)9-4-3-5-10(14)11(9)15/h3-6,8,12H,2,7,16H2,1H3. The molecule has 3 nitrogen and oxygen atoms in total. The summed E-state index contributed by atoms with van der Waals surface area (Å²) in [5.41, 5.74) is 7.03. The first-order valence-electron chi connectivity index (χ1n) is 5.85. The third-order valence-electron chi connectivity index (χ3n) is 2.81. The Hall–Kier alpha value is -1.03. The third-order valence-corrected chi connectivity index (χ3v) is 3.64. The van der Waals surface area contributed by atoms with Gasteiger partial charge in [-0.05, 0) is 18.1 Å². The summed E-state index contributed by atoms with van der Waals surface area (Å²) in [5, 5.41) is 1.01. The maximum Gasteiger partial charge on any atom is 0.130 e. The maximum absolute atomic E-state index is 6.24. The minimum atomic E-state index is -0.363. The van der Waals surface area contributed by atoms with E-state index in [4.69, 9.17) is 28.9 Å². The van der Waals surface area contributed by atoms with Crippen molar-refractivity contribution in [1.29, 1.82) is 0 Å². The summed E-state index contributed by atoms with van der Waals surface area (Å²) in [5.74, 6) is 0.806. The van der Waals surface area contributed by atoms with Crippen LogP contribution < -0.4 is 5.73 Å². The van der Waals surface area contributed by atoms with E-state index in [0.29, 0.717) is 10.0 Å². The topological polar surface area (TPSA) is 43.8 Å². The van der Waals surface area contributed by atoms with Crippen molar-refractivity contribution in [3.8, 4) is 0 Å². The predicted octanol–water partition coefficient (Wildman–Crippen LogP) is 3.65. The number of hydrogen-bond donors (Lipinski definition) is 1. The molecule has 0 spiro atoms. The molecule has 2 rings (SSSR count). The van der Waals surface area contributed by atoms with E-state index in [1.807, 2.05) is 22.9 Å². The van der Waals surface area contributed by atoms with Crippen molar-refractivity contribution >= 4 is 23.2 Å². The van der Waals surface area contributed by atoms with Crippen LogP contribution in [0.5, 0.6) is 0 Å². The van der Waals surface area contributed by atoms with E-state index < -0.39 is 0 Å². The van der Waals surface area contributed by atoms with Crippen LogP contribution in [0.1, 0.15) is 30.8 Å². The Morgan fingerprint density at radius 1 is 1.39 bits per heavy atom. The van der Waals surface area contributed by atoms with E-state index in [9.17, 15) is 0 Å². The molecule has 1 aromatic heterocycles. The van der Waals surface area contributed by atoms with E-state index in [1.54, 1.807) is 12.3 Å². The monoisotopic (exact) mass is 283 g/mol. The van der Waals surface area contributed by atoms with E-state index in [-0.39, 0.29) is 6.04 Å². The van der Waals surface area contributed by atoms with Gasteiger partial charge in [-0.3, -0.25) is 0 Å². The molecule has 2 aromatic rings. The second-order valence-corrected chi connectivity index (χ2v) is 4.88. The number of halogens is 2. The summed E-state index contributed by atoms with van der Waals surface area (Å²) in [4.78, 5) is 4.32. The van der Waals surface area contributed by atoms with E-state index in [1.165, 1.54) is 0 Å². The lowest BCUT2D eigenvalue weighted by atomic mass is 10.1. The lowest BCUT2D eigenvalue weighted by Gasteiger charge is -2.15. The van der Waals surface area contributed by atoms with Gasteiger partial charge in [0, 0.05) is 18.9 Å². The molecular weight excluding hydrogens is 269 g/mol. The van der Waals surface area contributed by atoms with Crippen LogP contribution in [0.15, 0.2) is 30.6 Å². The van der Waals surface area contributed by atoms with Gasteiger partial charge in [0.2, 0.25) is 0 Å². The molecule has 1 aromatic carbocycles. The highest BCUT2D eigenvalue weighted by Gasteiger charge is 2.18. The summed E-state index contributed by atoms with van der Waals surface area (Å²) in [6.07, 6.45) is 4.71. The fourth-order valence-electron chi connectivity index (χ4n) is 1.93. The van der Waals surface area contributed by atoms with E-state index >= 15 is 0 Å². The molecule has 1 heterocycles. The number of aryl methyl sites for hydroxylation is 1. The smallest absolute Gasteiger partial charge is 0.130 e. The number of imidazole rings is 1. The normalized spacial score (nSPS) is 12.7. The van der Waals surface area contributed by atoms with Gasteiger partial charge in [-0.25, -0.2) is 4.98 Å². The van der Waals surface area contributed by atoms with Crippen molar-refractivity contribution in [3.05, 3.63) is 52.0 Å². The molecule has 0 fully saturated rings. The molecule has 0 radical (unpaired) electrons. The molecule has 0 aliphatic heterocycles. The minimum Gasteiger partial charge on any atom is -0.333 e. The summed E-state index contributed by atoms with van der Waals surface area (Å²) in [6, 6.07) is 5.11. The van der Waals surface area contributed by atoms with Crippen LogP contribution in [0.4, 0.5) is 0 Å². The number of nitrogens with two attached hydrogens (primary N) is 1. The zero-order valence-electron chi connectivity index (χ0n) is 10.1. The molecule has 0 saturated heterocycles. The number of hydrogen-bond acceptors (Lipinski definition) is 2. The summed E-state index contributed by atoms with van der Waals surface area (Å²) in [6.45, 7) is 3.00. The molecule has 0 saturated carbocycles. The zero-order valence-corrected chi connectivity index (χ0v) is 11.6. The number of aromatic nitrogens is 2. The van der Waals surface area contributed by atoms with Gasteiger partial charge in [0.05, 0.1) is 16.1 Å². The fourth-order valence-corrected chi connectivity index (χ4v) is 2.35. The first kappa shape index (κ1) is 13.4. The molecule has 0 bridgehead atoms. The molecule has 1 atom stereocenters. The van der Waals surface area contributed by atoms with Crippen molar-refractivity contribution in [3.63, 3.8) is 0 Å². The molecule has 0 aliphatic carbocycles. The Balaban J connectivity index is 2.38. The average Bonchev–Trinajstić information content (AvgIpc) is 2.80. The quantitative estimate of drug-likeness (QED) is 0.931. The van der Waals surface area contributed by atoms with Gasteiger partial charge in [-0.1, -0.05) is 42.3 Å². The molecule has 18 heavy (non-hydrogen) atoms. The Bertz CT molecular complexity index is 537. The van der Waals surface area contributed by atoms with Gasteiger partial charge >= 0.3 is 0 Å². The van der Waals surface area contributed by atoms with Crippen molar-refractivity contribution in [2.24, 2.45) is 5.73 Å². The Kier molecular flexibility index (Phi) is 4.27. The summed E-state index contributed by atoms with van der Waals surface area (Å²) in [7, 11) is 0. The Morgan fingerprint density at radius 2 is 2.17 bits per heavy atom. The lowest BCUT2D eigenvalue weighted by molar-refractivity contribution is 0.613. The first-order valence-corrected chi connectivity index (χ1v) is 6.61. The molecule has 0 amide bonds. The number of nitrogens with zero attached hydrogens (tertiary/aromatic N) is 2. The average molecular weight is 284 g/mol. The Labute approximate surface area is 117 Å². The highest BCUT2D eigenvalue weighted by atomic mass is 35.5. The van der Waals surface area contributed by atoms with Gasteiger partial charge in [0.25, 0.3) is 0 Å². The van der Waals surface area contributed by atoms with Gasteiger partial charge in [0.15, 0.2) is 0 Å². The third kappa shape index (κ3) is 2.53. The summed E-state index contributed by atoms with van der Waals surface area (Å²) < 4.78 is 2.04. The van der Waals surface area contributed by atoms with E-state index in [2.05, 4.69) is 11.9 Å². The largest absolute Gasteiger partial charge is 0.333 e. The van der Waals surface area contributed by atoms with Crippen LogP contribution >= 0.6 is 23.2 Å². The highest BCUT2D eigenvalue weighted by molar-refractivity contribution is 6.42. The van der Waals surface area contributed by atoms with Crippen LogP contribution in [0.25, 0.3) is 0 Å². The zero-order chi connectivity index (χ0) is 13.1. The maximum atomic E-state index is 6.24. The van der Waals surface area contributed by atoms with E-state index in [0.717, 1.165) is 24.4 Å². The van der Waals surface area contributed by atoms with Gasteiger partial charge in [0.1, 0.15) is 5.82 Å². The first-order chi connectivity index (χ1) is 8.65. The van der Waals surface area contributed by atoms with Crippen molar-refractivity contribution < 1.29 is 0 Å². The molecule has 2 N–H and O–H groups in total. The molecule has 0 aliphatic rings. The van der Waals surface area contributed by atoms with Crippen LogP contribution in [-0.4, -0.2) is 9.55 Å².